The standard InChI is InChI=1S/C23H30O6/c1-9(13(5)24)15-8-18(25)16(20(26)11(15)3)7-17-21(27)12(4)19-10(2)14(6)29-23(19)22(17)28/h8-10,13-14,24-28H,7H2,1-6H3/t9-,10-,13-,14-/m1/s1. The van der Waals surface area contributed by atoms with E-state index in [1.54, 1.807) is 20.8 Å². The van der Waals surface area contributed by atoms with Gasteiger partial charge in [0.05, 0.1) is 6.10 Å². The molecule has 0 saturated carbocycles. The van der Waals surface area contributed by atoms with Crippen LogP contribution >= 0.6 is 0 Å². The molecule has 4 atom stereocenters. The molecule has 3 rings (SSSR count). The van der Waals surface area contributed by atoms with E-state index in [1.807, 2.05) is 20.8 Å². The molecule has 29 heavy (non-hydrogen) atoms. The van der Waals surface area contributed by atoms with Crippen molar-refractivity contribution in [2.24, 2.45) is 0 Å². The first-order valence-corrected chi connectivity index (χ1v) is 9.93. The van der Waals surface area contributed by atoms with Crippen LogP contribution < -0.4 is 4.74 Å². The Kier molecular flexibility index (Phi) is 5.34. The molecule has 0 aromatic heterocycles. The van der Waals surface area contributed by atoms with Crippen LogP contribution in [0.25, 0.3) is 0 Å². The third-order valence-electron chi connectivity index (χ3n) is 6.50. The molecule has 158 valence electrons. The van der Waals surface area contributed by atoms with Crippen LogP contribution in [0.3, 0.4) is 0 Å². The molecule has 2 aromatic rings. The summed E-state index contributed by atoms with van der Waals surface area (Å²) in [5.74, 6) is -0.407. The minimum atomic E-state index is -0.646. The molecule has 1 heterocycles. The summed E-state index contributed by atoms with van der Waals surface area (Å²) in [6.45, 7) is 10.8. The van der Waals surface area contributed by atoms with Crippen LogP contribution in [-0.2, 0) is 6.42 Å². The summed E-state index contributed by atoms with van der Waals surface area (Å²) < 4.78 is 5.81. The monoisotopic (exact) mass is 402 g/mol. The summed E-state index contributed by atoms with van der Waals surface area (Å²) in [6.07, 6.45) is -0.846. The number of ether oxygens (including phenoxy) is 1. The summed E-state index contributed by atoms with van der Waals surface area (Å²) in [6, 6.07) is 1.52. The lowest BCUT2D eigenvalue weighted by atomic mass is 9.87. The number of rotatable bonds is 4. The fraction of sp³-hybridized carbons (Fsp3) is 0.478. The molecule has 6 heteroatoms. The largest absolute Gasteiger partial charge is 0.508 e. The molecule has 0 bridgehead atoms. The van der Waals surface area contributed by atoms with Gasteiger partial charge in [-0.05, 0) is 50.5 Å². The predicted molar refractivity (Wildman–Crippen MR) is 110 cm³/mol. The molecule has 5 N–H and O–H groups in total. The lowest BCUT2D eigenvalue weighted by Gasteiger charge is -2.21. The Labute approximate surface area is 171 Å². The third kappa shape index (κ3) is 3.25. The van der Waals surface area contributed by atoms with Crippen LogP contribution in [0.2, 0.25) is 0 Å². The molecule has 0 aliphatic carbocycles. The zero-order valence-corrected chi connectivity index (χ0v) is 17.7. The zero-order chi connectivity index (χ0) is 21.8. The first-order chi connectivity index (χ1) is 13.5. The van der Waals surface area contributed by atoms with E-state index in [4.69, 9.17) is 4.74 Å². The molecule has 0 amide bonds. The normalized spacial score (nSPS) is 20.2. The van der Waals surface area contributed by atoms with Gasteiger partial charge in [0.1, 0.15) is 23.4 Å². The number of hydrogen-bond acceptors (Lipinski definition) is 6. The summed E-state index contributed by atoms with van der Waals surface area (Å²) in [5.41, 5.74) is 2.99. The van der Waals surface area contributed by atoms with Gasteiger partial charge in [0.2, 0.25) is 0 Å². The maximum atomic E-state index is 10.8. The number of phenols is 4. The van der Waals surface area contributed by atoms with E-state index in [0.717, 1.165) is 5.56 Å². The van der Waals surface area contributed by atoms with E-state index in [2.05, 4.69) is 0 Å². The van der Waals surface area contributed by atoms with Gasteiger partial charge >= 0.3 is 0 Å². The molecule has 1 aliphatic rings. The average molecular weight is 402 g/mol. The first-order valence-electron chi connectivity index (χ1n) is 9.93. The van der Waals surface area contributed by atoms with E-state index < -0.39 is 6.10 Å². The summed E-state index contributed by atoms with van der Waals surface area (Å²) in [7, 11) is 0. The molecular weight excluding hydrogens is 372 g/mol. The van der Waals surface area contributed by atoms with E-state index >= 15 is 0 Å². The van der Waals surface area contributed by atoms with Gasteiger partial charge in [-0.2, -0.15) is 0 Å². The molecule has 6 nitrogen and oxygen atoms in total. The number of aliphatic hydroxyl groups is 1. The van der Waals surface area contributed by atoms with E-state index in [9.17, 15) is 25.5 Å². The number of hydrogen-bond donors (Lipinski definition) is 5. The van der Waals surface area contributed by atoms with Crippen molar-refractivity contribution in [3.05, 3.63) is 39.4 Å². The Balaban J connectivity index is 2.12. The molecule has 0 spiro atoms. The van der Waals surface area contributed by atoms with Gasteiger partial charge in [0.25, 0.3) is 0 Å². The topological polar surface area (TPSA) is 110 Å². The number of aromatic hydroxyl groups is 4. The fourth-order valence-corrected chi connectivity index (χ4v) is 4.17. The van der Waals surface area contributed by atoms with Crippen molar-refractivity contribution in [3.8, 4) is 28.7 Å². The molecule has 0 saturated heterocycles. The second-order valence-corrected chi connectivity index (χ2v) is 8.30. The minimum Gasteiger partial charge on any atom is -0.508 e. The van der Waals surface area contributed by atoms with E-state index in [-0.39, 0.29) is 58.5 Å². The van der Waals surface area contributed by atoms with Crippen molar-refractivity contribution in [1.29, 1.82) is 0 Å². The van der Waals surface area contributed by atoms with Gasteiger partial charge in [0, 0.05) is 34.9 Å². The lowest BCUT2D eigenvalue weighted by molar-refractivity contribution is 0.168. The maximum Gasteiger partial charge on any atom is 0.165 e. The van der Waals surface area contributed by atoms with E-state index in [0.29, 0.717) is 22.4 Å². The number of benzene rings is 2. The SMILES string of the molecule is Cc1c([C@H](C)[C@@H](C)O)cc(O)c(Cc2c(O)c(C)c3c(c2O)O[C@H](C)[C@H]3C)c1O. The van der Waals surface area contributed by atoms with E-state index in [1.165, 1.54) is 6.07 Å². The van der Waals surface area contributed by atoms with Crippen molar-refractivity contribution in [3.63, 3.8) is 0 Å². The van der Waals surface area contributed by atoms with Crippen LogP contribution in [0.5, 0.6) is 28.7 Å². The van der Waals surface area contributed by atoms with Gasteiger partial charge in [-0.15, -0.1) is 0 Å². The molecule has 0 radical (unpaired) electrons. The lowest BCUT2D eigenvalue weighted by Crippen LogP contribution is -2.12. The molecule has 0 fully saturated rings. The Bertz CT molecular complexity index is 963. The predicted octanol–water partition coefficient (Wildman–Crippen LogP) is 4.09. The highest BCUT2D eigenvalue weighted by atomic mass is 16.5. The second kappa shape index (κ2) is 7.34. The number of aliphatic hydroxyl groups excluding tert-OH is 1. The molecule has 2 aromatic carbocycles. The first kappa shape index (κ1) is 21.1. The highest BCUT2D eigenvalue weighted by Crippen LogP contribution is 2.52. The summed E-state index contributed by atoms with van der Waals surface area (Å²) in [4.78, 5) is 0. The number of fused-ring (bicyclic) bond motifs is 1. The smallest absolute Gasteiger partial charge is 0.165 e. The van der Waals surface area contributed by atoms with Gasteiger partial charge < -0.3 is 30.3 Å². The highest BCUT2D eigenvalue weighted by Gasteiger charge is 2.35. The van der Waals surface area contributed by atoms with Crippen LogP contribution in [-0.4, -0.2) is 37.7 Å². The zero-order valence-electron chi connectivity index (χ0n) is 17.7. The summed E-state index contributed by atoms with van der Waals surface area (Å²) >= 11 is 0. The average Bonchev–Trinajstić information content (AvgIpc) is 2.96. The van der Waals surface area contributed by atoms with Gasteiger partial charge in [-0.3, -0.25) is 0 Å². The molecular formula is C23H30O6. The second-order valence-electron chi connectivity index (χ2n) is 8.30. The van der Waals surface area contributed by atoms with Crippen molar-refractivity contribution in [2.45, 2.75) is 72.0 Å². The fourth-order valence-electron chi connectivity index (χ4n) is 4.17. The van der Waals surface area contributed by atoms with Gasteiger partial charge in [-0.25, -0.2) is 0 Å². The minimum absolute atomic E-state index is 0.0288. The third-order valence-corrected chi connectivity index (χ3v) is 6.50. The Hall–Kier alpha value is -2.60. The number of phenolic OH excluding ortho intramolecular Hbond substituents is 4. The van der Waals surface area contributed by atoms with Gasteiger partial charge in [0.15, 0.2) is 11.5 Å². The Morgan fingerprint density at radius 2 is 1.52 bits per heavy atom. The van der Waals surface area contributed by atoms with Crippen LogP contribution in [0.15, 0.2) is 6.07 Å². The maximum absolute atomic E-state index is 10.8. The van der Waals surface area contributed by atoms with Crippen molar-refractivity contribution in [2.75, 3.05) is 0 Å². The van der Waals surface area contributed by atoms with Crippen LogP contribution in [0.4, 0.5) is 0 Å². The van der Waals surface area contributed by atoms with Crippen LogP contribution in [0.1, 0.15) is 72.9 Å². The van der Waals surface area contributed by atoms with Crippen molar-refractivity contribution >= 4 is 0 Å². The summed E-state index contributed by atoms with van der Waals surface area (Å²) in [5, 5.41) is 52.8. The van der Waals surface area contributed by atoms with Gasteiger partial charge in [-0.1, -0.05) is 13.8 Å². The Morgan fingerprint density at radius 1 is 0.931 bits per heavy atom. The van der Waals surface area contributed by atoms with Crippen molar-refractivity contribution < 1.29 is 30.3 Å². The quantitative estimate of drug-likeness (QED) is 0.527. The highest BCUT2D eigenvalue weighted by molar-refractivity contribution is 5.66. The molecule has 0 unspecified atom stereocenters. The molecule has 1 aliphatic heterocycles. The van der Waals surface area contributed by atoms with Crippen LogP contribution in [0, 0.1) is 13.8 Å². The van der Waals surface area contributed by atoms with Crippen molar-refractivity contribution in [1.82, 2.24) is 0 Å². The Morgan fingerprint density at radius 3 is 2.10 bits per heavy atom.